The van der Waals surface area contributed by atoms with Gasteiger partial charge in [0.05, 0.1) is 13.2 Å². The number of aryl methyl sites for hydroxylation is 2. The SMILES string of the molecule is CN(C)c1ccc2cc3ccc(N(C)C)cc3[n+](CCCCCC(=O)NCCOCCNC(=O)CCCCC[n+]3c4cc(N)ccc4cc4ccc(N)cc43)c2c1. The van der Waals surface area contributed by atoms with Crippen LogP contribution in [-0.2, 0) is 27.4 Å². The number of rotatable bonds is 20. The van der Waals surface area contributed by atoms with Gasteiger partial charge in [-0.15, -0.1) is 0 Å². The quantitative estimate of drug-likeness (QED) is 0.0313. The fraction of sp³-hybridized carbons (Fsp3) is 0.391. The summed E-state index contributed by atoms with van der Waals surface area (Å²) in [5.41, 5.74) is 20.7. The molecule has 6 rings (SSSR count). The van der Waals surface area contributed by atoms with Gasteiger partial charge >= 0.3 is 0 Å². The van der Waals surface area contributed by atoms with E-state index in [-0.39, 0.29) is 11.8 Å². The number of benzene rings is 4. The van der Waals surface area contributed by atoms with Crippen LogP contribution in [-0.4, -0.2) is 66.3 Å². The summed E-state index contributed by atoms with van der Waals surface area (Å²) in [5.74, 6) is 0.0705. The highest BCUT2D eigenvalue weighted by atomic mass is 16.5. The zero-order valence-electron chi connectivity index (χ0n) is 34.2. The maximum Gasteiger partial charge on any atom is 0.220 e. The molecule has 0 bridgehead atoms. The monoisotopic (exact) mass is 772 g/mol. The molecule has 300 valence electrons. The molecule has 2 aromatic heterocycles. The van der Waals surface area contributed by atoms with Gasteiger partial charge in [-0.3, -0.25) is 9.59 Å². The van der Waals surface area contributed by atoms with Crippen molar-refractivity contribution in [1.29, 1.82) is 0 Å². The summed E-state index contributed by atoms with van der Waals surface area (Å²) >= 11 is 0. The first-order valence-electron chi connectivity index (χ1n) is 20.3. The van der Waals surface area contributed by atoms with Gasteiger partial charge in [-0.1, -0.05) is 0 Å². The van der Waals surface area contributed by atoms with Crippen LogP contribution in [0.2, 0.25) is 0 Å². The second-order valence-electron chi connectivity index (χ2n) is 15.4. The normalized spacial score (nSPS) is 11.4. The second-order valence-corrected chi connectivity index (χ2v) is 15.4. The number of fused-ring (bicyclic) bond motifs is 4. The average Bonchev–Trinajstić information content (AvgIpc) is 3.19. The van der Waals surface area contributed by atoms with Gasteiger partial charge in [0.1, 0.15) is 13.1 Å². The zero-order chi connectivity index (χ0) is 40.3. The summed E-state index contributed by atoms with van der Waals surface area (Å²) < 4.78 is 10.4. The Balaban J connectivity index is 0.841. The minimum absolute atomic E-state index is 0.0272. The molecule has 6 N–H and O–H groups in total. The Morgan fingerprint density at radius 1 is 0.526 bits per heavy atom. The van der Waals surface area contributed by atoms with Gasteiger partial charge in [0, 0.05) is 136 Å². The van der Waals surface area contributed by atoms with Gasteiger partial charge in [0.15, 0.2) is 0 Å². The van der Waals surface area contributed by atoms with E-state index in [1.54, 1.807) is 0 Å². The number of carbonyl (C=O) groups excluding carboxylic acids is 2. The Kier molecular flexibility index (Phi) is 14.0. The smallest absolute Gasteiger partial charge is 0.220 e. The molecule has 0 aliphatic rings. The number of carbonyl (C=O) groups is 2. The van der Waals surface area contributed by atoms with Crippen LogP contribution in [0, 0.1) is 0 Å². The summed E-state index contributed by atoms with van der Waals surface area (Å²) in [6.45, 7) is 3.41. The molecule has 0 aliphatic heterocycles. The van der Waals surface area contributed by atoms with Crippen molar-refractivity contribution in [3.05, 3.63) is 84.9 Å². The fourth-order valence-electron chi connectivity index (χ4n) is 7.51. The Labute approximate surface area is 336 Å². The lowest BCUT2D eigenvalue weighted by atomic mass is 10.1. The first-order chi connectivity index (χ1) is 27.6. The van der Waals surface area contributed by atoms with E-state index in [4.69, 9.17) is 16.2 Å². The van der Waals surface area contributed by atoms with Crippen molar-refractivity contribution >= 4 is 78.2 Å². The maximum absolute atomic E-state index is 12.5. The number of hydrogen-bond acceptors (Lipinski definition) is 7. The van der Waals surface area contributed by atoms with Gasteiger partial charge < -0.3 is 36.6 Å². The Morgan fingerprint density at radius 3 is 1.32 bits per heavy atom. The predicted octanol–water partition coefficient (Wildman–Crippen LogP) is 6.24. The molecular weight excluding hydrogens is 713 g/mol. The third-order valence-corrected chi connectivity index (χ3v) is 10.7. The number of nitrogen functional groups attached to an aromatic ring is 2. The number of hydrogen-bond donors (Lipinski definition) is 4. The van der Waals surface area contributed by atoms with E-state index in [9.17, 15) is 9.59 Å². The molecule has 0 radical (unpaired) electrons. The topological polar surface area (TPSA) is 134 Å². The Hall–Kier alpha value is -5.68. The van der Waals surface area contributed by atoms with E-state index in [0.717, 1.165) is 84.8 Å². The van der Waals surface area contributed by atoms with E-state index in [0.29, 0.717) is 39.1 Å². The minimum atomic E-state index is 0.0272. The summed E-state index contributed by atoms with van der Waals surface area (Å²) in [5, 5.41) is 10.6. The molecule has 2 heterocycles. The highest BCUT2D eigenvalue weighted by molar-refractivity contribution is 5.92. The van der Waals surface area contributed by atoms with Crippen molar-refractivity contribution < 1.29 is 23.5 Å². The van der Waals surface area contributed by atoms with Crippen LogP contribution in [0.5, 0.6) is 0 Å². The molecule has 6 aromatic rings. The van der Waals surface area contributed by atoms with Crippen LogP contribution in [0.25, 0.3) is 43.6 Å². The maximum atomic E-state index is 12.5. The van der Waals surface area contributed by atoms with E-state index >= 15 is 0 Å². The number of amides is 2. The van der Waals surface area contributed by atoms with E-state index in [1.165, 1.54) is 33.2 Å². The highest BCUT2D eigenvalue weighted by Crippen LogP contribution is 2.26. The largest absolute Gasteiger partial charge is 0.399 e. The average molecular weight is 773 g/mol. The molecule has 0 saturated heterocycles. The lowest BCUT2D eigenvalue weighted by molar-refractivity contribution is -0.646. The number of nitrogens with one attached hydrogen (secondary N) is 2. The lowest BCUT2D eigenvalue weighted by Gasteiger charge is -2.15. The number of pyridine rings is 2. The van der Waals surface area contributed by atoms with Crippen LogP contribution in [0.15, 0.2) is 84.9 Å². The van der Waals surface area contributed by atoms with Crippen LogP contribution >= 0.6 is 0 Å². The molecule has 0 aliphatic carbocycles. The molecule has 0 fully saturated rings. The molecule has 0 atom stereocenters. The third kappa shape index (κ3) is 10.8. The first kappa shape index (κ1) is 41.0. The number of ether oxygens (including phenoxy) is 1. The van der Waals surface area contributed by atoms with Crippen LogP contribution in [0.4, 0.5) is 22.7 Å². The Bertz CT molecular complexity index is 2220. The molecule has 57 heavy (non-hydrogen) atoms. The zero-order valence-corrected chi connectivity index (χ0v) is 34.2. The van der Waals surface area contributed by atoms with Crippen molar-refractivity contribution in [2.75, 3.05) is 75.8 Å². The fourth-order valence-corrected chi connectivity index (χ4v) is 7.51. The van der Waals surface area contributed by atoms with E-state index < -0.39 is 0 Å². The number of nitrogens with two attached hydrogens (primary N) is 2. The molecular formula is C46H60N8O3+2. The molecule has 2 amide bonds. The number of anilines is 4. The Morgan fingerprint density at radius 2 is 0.912 bits per heavy atom. The summed E-state index contributed by atoms with van der Waals surface area (Å²) in [4.78, 5) is 29.2. The first-order valence-corrected chi connectivity index (χ1v) is 20.3. The molecule has 0 unspecified atom stereocenters. The minimum Gasteiger partial charge on any atom is -0.399 e. The van der Waals surface area contributed by atoms with E-state index in [1.807, 2.05) is 24.3 Å². The van der Waals surface area contributed by atoms with Gasteiger partial charge in [0.2, 0.25) is 33.9 Å². The standard InChI is InChI=1S/C46H58N8O3/c1-51(2)39-19-15-35-28-36-16-20-40(52(3)4)32-44(36)54(43(35)31-39)24-10-6-8-12-46(56)50-22-26-57-25-21-49-45(55)11-7-5-9-23-53-41-29-37(47)17-13-33(41)27-34-14-18-38(48)30-42(34)53/h13-20,27-32H,5-12,21-26H2,1-4H3,(H4-,47,48,49,50,55,56)/p+2. The molecule has 4 aromatic carbocycles. The molecule has 11 heteroatoms. The van der Waals surface area contributed by atoms with Crippen LogP contribution in [0.3, 0.4) is 0 Å². The predicted molar refractivity (Wildman–Crippen MR) is 235 cm³/mol. The number of nitrogens with zero attached hydrogens (tertiary/aromatic N) is 4. The van der Waals surface area contributed by atoms with Crippen molar-refractivity contribution in [2.24, 2.45) is 0 Å². The van der Waals surface area contributed by atoms with Crippen LogP contribution in [0.1, 0.15) is 51.4 Å². The molecule has 0 spiro atoms. The molecule has 11 nitrogen and oxygen atoms in total. The van der Waals surface area contributed by atoms with Crippen molar-refractivity contribution in [3.63, 3.8) is 0 Å². The molecule has 0 saturated carbocycles. The van der Waals surface area contributed by atoms with Gasteiger partial charge in [-0.25, -0.2) is 0 Å². The lowest BCUT2D eigenvalue weighted by Crippen LogP contribution is -2.36. The van der Waals surface area contributed by atoms with Crippen molar-refractivity contribution in [1.82, 2.24) is 10.6 Å². The van der Waals surface area contributed by atoms with Crippen molar-refractivity contribution in [3.8, 4) is 0 Å². The number of unbranched alkanes of at least 4 members (excludes halogenated alkanes) is 4. The second kappa shape index (κ2) is 19.5. The van der Waals surface area contributed by atoms with Gasteiger partial charge in [0.25, 0.3) is 0 Å². The highest BCUT2D eigenvalue weighted by Gasteiger charge is 2.19. The summed E-state index contributed by atoms with van der Waals surface area (Å²) in [6, 6.07) is 29.7. The van der Waals surface area contributed by atoms with E-state index in [2.05, 4.69) is 118 Å². The van der Waals surface area contributed by atoms with Gasteiger partial charge in [-0.05, 0) is 86.3 Å². The number of aromatic nitrogens is 2. The summed E-state index contributed by atoms with van der Waals surface area (Å²) in [7, 11) is 8.29. The van der Waals surface area contributed by atoms with Crippen molar-refractivity contribution in [2.45, 2.75) is 64.5 Å². The third-order valence-electron chi connectivity index (χ3n) is 10.7. The van der Waals surface area contributed by atoms with Gasteiger partial charge in [-0.2, -0.15) is 9.13 Å². The summed E-state index contributed by atoms with van der Waals surface area (Å²) in [6.07, 6.45) is 6.40. The van der Waals surface area contributed by atoms with Crippen LogP contribution < -0.4 is 41.0 Å².